The molecular weight excluding hydrogens is 208 g/mol. The highest BCUT2D eigenvalue weighted by atomic mass is 15.3. The summed E-state index contributed by atoms with van der Waals surface area (Å²) in [6, 6.07) is 1.41. The fourth-order valence-corrected chi connectivity index (χ4v) is 3.43. The minimum absolute atomic E-state index is 0.504. The molecule has 2 fully saturated rings. The summed E-state index contributed by atoms with van der Waals surface area (Å²) in [5, 5.41) is 3.76. The normalized spacial score (nSPS) is 34.1. The van der Waals surface area contributed by atoms with Gasteiger partial charge in [0.25, 0.3) is 0 Å². The van der Waals surface area contributed by atoms with Gasteiger partial charge in [0.15, 0.2) is 0 Å². The first-order chi connectivity index (χ1) is 7.94. The lowest BCUT2D eigenvalue weighted by Crippen LogP contribution is -2.67. The van der Waals surface area contributed by atoms with Crippen LogP contribution in [0.15, 0.2) is 0 Å². The molecule has 1 aliphatic heterocycles. The molecule has 2 nitrogen and oxygen atoms in total. The maximum atomic E-state index is 3.76. The van der Waals surface area contributed by atoms with E-state index in [0.717, 1.165) is 17.9 Å². The number of hydrogen-bond acceptors (Lipinski definition) is 2. The molecule has 2 unspecified atom stereocenters. The first kappa shape index (κ1) is 13.4. The molecule has 0 bridgehead atoms. The minimum Gasteiger partial charge on any atom is -0.311 e. The molecule has 1 saturated heterocycles. The van der Waals surface area contributed by atoms with E-state index in [1.165, 1.54) is 32.4 Å². The zero-order valence-electron chi connectivity index (χ0n) is 12.3. The topological polar surface area (TPSA) is 15.3 Å². The van der Waals surface area contributed by atoms with Crippen molar-refractivity contribution in [1.82, 2.24) is 10.2 Å². The SMILES string of the molecule is CC(C)C1CN(C2(C)CCC2)C(C(C)C)CN1. The Balaban J connectivity index is 2.10. The molecule has 0 amide bonds. The van der Waals surface area contributed by atoms with Gasteiger partial charge in [0.05, 0.1) is 0 Å². The van der Waals surface area contributed by atoms with Gasteiger partial charge in [-0.3, -0.25) is 4.90 Å². The highest BCUT2D eigenvalue weighted by Crippen LogP contribution is 2.40. The van der Waals surface area contributed by atoms with Crippen LogP contribution in [0.4, 0.5) is 0 Å². The molecule has 0 spiro atoms. The Morgan fingerprint density at radius 2 is 1.76 bits per heavy atom. The van der Waals surface area contributed by atoms with Gasteiger partial charge in [-0.25, -0.2) is 0 Å². The summed E-state index contributed by atoms with van der Waals surface area (Å²) in [5.41, 5.74) is 0.504. The second-order valence-corrected chi connectivity index (χ2v) is 7.07. The van der Waals surface area contributed by atoms with Crippen LogP contribution in [0.1, 0.15) is 53.9 Å². The summed E-state index contributed by atoms with van der Waals surface area (Å²) in [6.45, 7) is 14.3. The Morgan fingerprint density at radius 3 is 2.18 bits per heavy atom. The average Bonchev–Trinajstić information content (AvgIpc) is 2.24. The summed E-state index contributed by atoms with van der Waals surface area (Å²) in [5.74, 6) is 1.50. The molecule has 0 radical (unpaired) electrons. The van der Waals surface area contributed by atoms with Crippen LogP contribution in [-0.2, 0) is 0 Å². The Morgan fingerprint density at radius 1 is 1.12 bits per heavy atom. The van der Waals surface area contributed by atoms with Crippen molar-refractivity contribution in [1.29, 1.82) is 0 Å². The lowest BCUT2D eigenvalue weighted by molar-refractivity contribution is -0.0475. The van der Waals surface area contributed by atoms with Gasteiger partial charge in [0.2, 0.25) is 0 Å². The molecule has 100 valence electrons. The second kappa shape index (κ2) is 4.89. The maximum Gasteiger partial charge on any atom is 0.0249 e. The van der Waals surface area contributed by atoms with Gasteiger partial charge in [-0.05, 0) is 38.0 Å². The van der Waals surface area contributed by atoms with Crippen LogP contribution in [0.3, 0.4) is 0 Å². The fourth-order valence-electron chi connectivity index (χ4n) is 3.43. The molecule has 1 aliphatic carbocycles. The number of nitrogens with zero attached hydrogens (tertiary/aromatic N) is 1. The fraction of sp³-hybridized carbons (Fsp3) is 1.00. The Hall–Kier alpha value is -0.0800. The lowest BCUT2D eigenvalue weighted by atomic mass is 9.74. The van der Waals surface area contributed by atoms with Crippen LogP contribution in [0.5, 0.6) is 0 Å². The quantitative estimate of drug-likeness (QED) is 0.813. The number of piperazine rings is 1. The smallest absolute Gasteiger partial charge is 0.0249 e. The Bertz CT molecular complexity index is 256. The standard InChI is InChI=1S/C15H30N2/c1-11(2)13-10-17(15(5)7-6-8-15)14(9-16-13)12(3)4/h11-14,16H,6-10H2,1-5H3. The van der Waals surface area contributed by atoms with E-state index < -0.39 is 0 Å². The second-order valence-electron chi connectivity index (χ2n) is 7.07. The molecule has 0 aromatic rings. The van der Waals surface area contributed by atoms with Gasteiger partial charge in [0.1, 0.15) is 0 Å². The van der Waals surface area contributed by atoms with Crippen molar-refractivity contribution in [2.24, 2.45) is 11.8 Å². The number of rotatable bonds is 3. The van der Waals surface area contributed by atoms with Crippen LogP contribution in [0.25, 0.3) is 0 Å². The van der Waals surface area contributed by atoms with Gasteiger partial charge < -0.3 is 5.32 Å². The van der Waals surface area contributed by atoms with Gasteiger partial charge in [0, 0.05) is 30.7 Å². The lowest BCUT2D eigenvalue weighted by Gasteiger charge is -2.56. The summed E-state index contributed by atoms with van der Waals surface area (Å²) < 4.78 is 0. The summed E-state index contributed by atoms with van der Waals surface area (Å²) in [4.78, 5) is 2.84. The van der Waals surface area contributed by atoms with Crippen LogP contribution in [-0.4, -0.2) is 35.6 Å². The van der Waals surface area contributed by atoms with E-state index in [9.17, 15) is 0 Å². The minimum atomic E-state index is 0.504. The maximum absolute atomic E-state index is 3.76. The number of hydrogen-bond donors (Lipinski definition) is 1. The van der Waals surface area contributed by atoms with Gasteiger partial charge >= 0.3 is 0 Å². The van der Waals surface area contributed by atoms with E-state index in [0.29, 0.717) is 11.6 Å². The van der Waals surface area contributed by atoms with E-state index in [1.54, 1.807) is 0 Å². The largest absolute Gasteiger partial charge is 0.311 e. The van der Waals surface area contributed by atoms with E-state index in [2.05, 4.69) is 44.8 Å². The van der Waals surface area contributed by atoms with E-state index >= 15 is 0 Å². The van der Waals surface area contributed by atoms with Gasteiger partial charge in [-0.1, -0.05) is 27.7 Å². The van der Waals surface area contributed by atoms with Crippen LogP contribution >= 0.6 is 0 Å². The molecule has 1 N–H and O–H groups in total. The zero-order chi connectivity index (χ0) is 12.6. The van der Waals surface area contributed by atoms with Crippen molar-refractivity contribution in [3.05, 3.63) is 0 Å². The van der Waals surface area contributed by atoms with Gasteiger partial charge in [-0.15, -0.1) is 0 Å². The van der Waals surface area contributed by atoms with Crippen LogP contribution in [0.2, 0.25) is 0 Å². The van der Waals surface area contributed by atoms with E-state index in [1.807, 2.05) is 0 Å². The third-order valence-corrected chi connectivity index (χ3v) is 5.08. The monoisotopic (exact) mass is 238 g/mol. The zero-order valence-corrected chi connectivity index (χ0v) is 12.3. The number of nitrogens with one attached hydrogen (secondary N) is 1. The third kappa shape index (κ3) is 2.53. The molecule has 0 aromatic heterocycles. The average molecular weight is 238 g/mol. The Kier molecular flexibility index (Phi) is 3.84. The molecule has 2 aliphatic rings. The predicted octanol–water partition coefficient (Wildman–Crippen LogP) is 2.88. The first-order valence-electron chi connectivity index (χ1n) is 7.44. The summed E-state index contributed by atoms with van der Waals surface area (Å²) >= 11 is 0. The summed E-state index contributed by atoms with van der Waals surface area (Å²) in [7, 11) is 0. The molecular formula is C15H30N2. The third-order valence-electron chi connectivity index (χ3n) is 5.08. The molecule has 1 heterocycles. The molecule has 0 aromatic carbocycles. The Labute approximate surface area is 107 Å². The van der Waals surface area contributed by atoms with Crippen molar-refractivity contribution in [3.63, 3.8) is 0 Å². The van der Waals surface area contributed by atoms with Crippen molar-refractivity contribution >= 4 is 0 Å². The summed E-state index contributed by atoms with van der Waals surface area (Å²) in [6.07, 6.45) is 4.24. The molecule has 2 heteroatoms. The van der Waals surface area contributed by atoms with Crippen molar-refractivity contribution < 1.29 is 0 Å². The van der Waals surface area contributed by atoms with Crippen molar-refractivity contribution in [3.8, 4) is 0 Å². The molecule has 2 atom stereocenters. The van der Waals surface area contributed by atoms with Gasteiger partial charge in [-0.2, -0.15) is 0 Å². The highest BCUT2D eigenvalue weighted by Gasteiger charge is 2.44. The van der Waals surface area contributed by atoms with E-state index in [4.69, 9.17) is 0 Å². The van der Waals surface area contributed by atoms with Crippen LogP contribution < -0.4 is 5.32 Å². The molecule has 17 heavy (non-hydrogen) atoms. The van der Waals surface area contributed by atoms with Crippen molar-refractivity contribution in [2.75, 3.05) is 13.1 Å². The van der Waals surface area contributed by atoms with E-state index in [-0.39, 0.29) is 0 Å². The predicted molar refractivity (Wildman–Crippen MR) is 74.2 cm³/mol. The molecule has 1 saturated carbocycles. The molecule has 2 rings (SSSR count). The first-order valence-corrected chi connectivity index (χ1v) is 7.44. The van der Waals surface area contributed by atoms with Crippen LogP contribution in [0, 0.1) is 11.8 Å². The van der Waals surface area contributed by atoms with Crippen molar-refractivity contribution in [2.45, 2.75) is 71.5 Å². The highest BCUT2D eigenvalue weighted by molar-refractivity contribution is 5.01.